The molecule has 2 amide bonds. The highest BCUT2D eigenvalue weighted by molar-refractivity contribution is 6.00. The third kappa shape index (κ3) is 6.65. The summed E-state index contributed by atoms with van der Waals surface area (Å²) in [5.74, 6) is -1.24. The van der Waals surface area contributed by atoms with Gasteiger partial charge in [0.25, 0.3) is 5.91 Å². The van der Waals surface area contributed by atoms with Gasteiger partial charge in [-0.15, -0.1) is 0 Å². The van der Waals surface area contributed by atoms with Crippen molar-refractivity contribution in [3.8, 4) is 0 Å². The van der Waals surface area contributed by atoms with Crippen LogP contribution >= 0.6 is 0 Å². The highest BCUT2D eigenvalue weighted by Gasteiger charge is 2.20. The summed E-state index contributed by atoms with van der Waals surface area (Å²) in [5.41, 5.74) is 5.71. The Kier molecular flexibility index (Phi) is 8.66. The molecule has 0 spiro atoms. The number of fused-ring (bicyclic) bond motifs is 1. The molecule has 0 bridgehead atoms. The van der Waals surface area contributed by atoms with Crippen molar-refractivity contribution < 1.29 is 19.5 Å². The molecule has 0 radical (unpaired) electrons. The van der Waals surface area contributed by atoms with E-state index in [1.165, 1.54) is 0 Å². The largest absolute Gasteiger partial charge is 0.481 e. The van der Waals surface area contributed by atoms with Gasteiger partial charge in [-0.3, -0.25) is 14.4 Å². The fourth-order valence-corrected chi connectivity index (χ4v) is 4.63. The van der Waals surface area contributed by atoms with Crippen molar-refractivity contribution in [2.75, 3.05) is 17.7 Å². The number of nitrogens with one attached hydrogen (secondary N) is 3. The Morgan fingerprint density at radius 2 is 1.77 bits per heavy atom. The summed E-state index contributed by atoms with van der Waals surface area (Å²) in [5, 5.41) is 19.1. The number of carbonyl (C=O) groups excluding carboxylic acids is 2. The maximum Gasteiger partial charge on any atom is 0.303 e. The maximum absolute atomic E-state index is 13.5. The van der Waals surface area contributed by atoms with Crippen LogP contribution in [0.2, 0.25) is 0 Å². The van der Waals surface area contributed by atoms with E-state index in [2.05, 4.69) is 16.0 Å². The molecule has 4 N–H and O–H groups in total. The van der Waals surface area contributed by atoms with Crippen LogP contribution in [0.15, 0.2) is 72.9 Å². The van der Waals surface area contributed by atoms with E-state index < -0.39 is 12.0 Å². The molecular formula is C31H34N4O4. The summed E-state index contributed by atoms with van der Waals surface area (Å²) in [6.07, 6.45) is 3.00. The minimum absolute atomic E-state index is 0.0630. The highest BCUT2D eigenvalue weighted by Crippen LogP contribution is 2.28. The number of carboxylic acids is 1. The Bertz CT molecular complexity index is 1490. The van der Waals surface area contributed by atoms with Crippen molar-refractivity contribution in [2.45, 2.75) is 45.7 Å². The SMILES string of the molecule is CNc1ccc(CCCC(=O)O)c(NC(=O)C(C)n2cc(C)c3ccc(C(=O)NCc4ccccc4)cc32)c1. The molecule has 202 valence electrons. The van der Waals surface area contributed by atoms with E-state index in [9.17, 15) is 14.4 Å². The van der Waals surface area contributed by atoms with Crippen molar-refractivity contribution >= 4 is 40.1 Å². The number of anilines is 2. The number of amides is 2. The van der Waals surface area contributed by atoms with Crippen LogP contribution in [-0.4, -0.2) is 34.5 Å². The molecule has 0 aliphatic heterocycles. The normalized spacial score (nSPS) is 11.7. The molecule has 1 unspecified atom stereocenters. The summed E-state index contributed by atoms with van der Waals surface area (Å²) < 4.78 is 1.89. The van der Waals surface area contributed by atoms with Gasteiger partial charge in [-0.25, -0.2) is 0 Å². The lowest BCUT2D eigenvalue weighted by Gasteiger charge is -2.18. The van der Waals surface area contributed by atoms with E-state index in [0.717, 1.165) is 33.3 Å². The van der Waals surface area contributed by atoms with Crippen LogP contribution in [0.5, 0.6) is 0 Å². The number of benzene rings is 3. The molecule has 0 saturated carbocycles. The summed E-state index contributed by atoms with van der Waals surface area (Å²) in [4.78, 5) is 37.3. The lowest BCUT2D eigenvalue weighted by molar-refractivity contribution is -0.137. The first kappa shape index (κ1) is 27.4. The monoisotopic (exact) mass is 526 g/mol. The molecule has 39 heavy (non-hydrogen) atoms. The Balaban J connectivity index is 1.55. The van der Waals surface area contributed by atoms with Gasteiger partial charge in [-0.2, -0.15) is 0 Å². The number of carbonyl (C=O) groups is 3. The van der Waals surface area contributed by atoms with Crippen LogP contribution in [0.25, 0.3) is 10.9 Å². The average Bonchev–Trinajstić information content (AvgIpc) is 3.27. The number of hydrogen-bond donors (Lipinski definition) is 4. The van der Waals surface area contributed by atoms with Gasteiger partial charge in [0.2, 0.25) is 5.91 Å². The van der Waals surface area contributed by atoms with Gasteiger partial charge < -0.3 is 25.6 Å². The molecular weight excluding hydrogens is 492 g/mol. The Labute approximate surface area is 228 Å². The first-order chi connectivity index (χ1) is 18.8. The van der Waals surface area contributed by atoms with Crippen molar-refractivity contribution in [1.82, 2.24) is 9.88 Å². The third-order valence-corrected chi connectivity index (χ3v) is 6.88. The third-order valence-electron chi connectivity index (χ3n) is 6.88. The fourth-order valence-electron chi connectivity index (χ4n) is 4.63. The molecule has 8 heteroatoms. The van der Waals surface area contributed by atoms with E-state index in [0.29, 0.717) is 30.6 Å². The number of nitrogens with zero attached hydrogens (tertiary/aromatic N) is 1. The van der Waals surface area contributed by atoms with E-state index in [-0.39, 0.29) is 18.2 Å². The van der Waals surface area contributed by atoms with Gasteiger partial charge in [-0.1, -0.05) is 42.5 Å². The molecule has 1 aromatic heterocycles. The lowest BCUT2D eigenvalue weighted by Crippen LogP contribution is -2.24. The first-order valence-electron chi connectivity index (χ1n) is 13.0. The minimum atomic E-state index is -0.843. The molecule has 0 fully saturated rings. The Morgan fingerprint density at radius 3 is 2.49 bits per heavy atom. The maximum atomic E-state index is 13.5. The lowest BCUT2D eigenvalue weighted by atomic mass is 10.0. The van der Waals surface area contributed by atoms with Crippen LogP contribution in [0, 0.1) is 6.92 Å². The average molecular weight is 527 g/mol. The van der Waals surface area contributed by atoms with Gasteiger partial charge >= 0.3 is 5.97 Å². The van der Waals surface area contributed by atoms with Gasteiger partial charge in [0.15, 0.2) is 0 Å². The summed E-state index contributed by atoms with van der Waals surface area (Å²) in [6.45, 7) is 4.23. The van der Waals surface area contributed by atoms with E-state index in [4.69, 9.17) is 5.11 Å². The van der Waals surface area contributed by atoms with Crippen molar-refractivity contribution in [3.63, 3.8) is 0 Å². The zero-order chi connectivity index (χ0) is 27.9. The molecule has 0 saturated heterocycles. The predicted molar refractivity (Wildman–Crippen MR) is 154 cm³/mol. The number of aromatic nitrogens is 1. The summed E-state index contributed by atoms with van der Waals surface area (Å²) >= 11 is 0. The van der Waals surface area contributed by atoms with Crippen LogP contribution in [0.4, 0.5) is 11.4 Å². The van der Waals surface area contributed by atoms with Crippen molar-refractivity contribution in [2.24, 2.45) is 0 Å². The number of aliphatic carboxylic acids is 1. The second kappa shape index (κ2) is 12.3. The fraction of sp³-hybridized carbons (Fsp3) is 0.258. The quantitative estimate of drug-likeness (QED) is 0.205. The molecule has 0 aliphatic rings. The van der Waals surface area contributed by atoms with Gasteiger partial charge in [0, 0.05) is 54.1 Å². The van der Waals surface area contributed by atoms with Gasteiger partial charge in [-0.05, 0) is 67.6 Å². The number of rotatable bonds is 11. The number of aryl methyl sites for hydroxylation is 2. The molecule has 1 atom stereocenters. The molecule has 4 rings (SSSR count). The smallest absolute Gasteiger partial charge is 0.303 e. The molecule has 8 nitrogen and oxygen atoms in total. The van der Waals surface area contributed by atoms with Crippen LogP contribution in [-0.2, 0) is 22.6 Å². The van der Waals surface area contributed by atoms with Gasteiger partial charge in [0.05, 0.1) is 0 Å². The number of carboxylic acid groups (broad SMARTS) is 1. The van der Waals surface area contributed by atoms with E-state index in [1.807, 2.05) is 85.3 Å². The Hall–Kier alpha value is -4.59. The second-order valence-electron chi connectivity index (χ2n) is 9.65. The standard InChI is InChI=1S/C31H34N4O4/c1-20-19-35(28-16-24(13-15-26(20)28)31(39)33-18-22-8-5-4-6-9-22)21(2)30(38)34-27-17-25(32-3)14-12-23(27)10-7-11-29(36)37/h4-6,8-9,12-17,19,21,32H,7,10-11,18H2,1-3H3,(H,33,39)(H,34,38)(H,36,37). The summed E-state index contributed by atoms with van der Waals surface area (Å²) in [6, 6.07) is 20.4. The number of hydrogen-bond acceptors (Lipinski definition) is 4. The topological polar surface area (TPSA) is 112 Å². The van der Waals surface area contributed by atoms with E-state index >= 15 is 0 Å². The van der Waals surface area contributed by atoms with Crippen LogP contribution < -0.4 is 16.0 Å². The summed E-state index contributed by atoms with van der Waals surface area (Å²) in [7, 11) is 1.80. The highest BCUT2D eigenvalue weighted by atomic mass is 16.4. The molecule has 3 aromatic carbocycles. The Morgan fingerprint density at radius 1 is 1.00 bits per heavy atom. The van der Waals surface area contributed by atoms with E-state index in [1.54, 1.807) is 13.1 Å². The first-order valence-corrected chi connectivity index (χ1v) is 13.0. The van der Waals surface area contributed by atoms with Crippen molar-refractivity contribution in [3.05, 3.63) is 95.2 Å². The minimum Gasteiger partial charge on any atom is -0.481 e. The predicted octanol–water partition coefficient (Wildman–Crippen LogP) is 5.53. The zero-order valence-corrected chi connectivity index (χ0v) is 22.5. The molecule has 1 heterocycles. The van der Waals surface area contributed by atoms with Gasteiger partial charge in [0.1, 0.15) is 6.04 Å². The van der Waals surface area contributed by atoms with Crippen LogP contribution in [0.1, 0.15) is 52.9 Å². The molecule has 4 aromatic rings. The zero-order valence-electron chi connectivity index (χ0n) is 22.5. The molecule has 0 aliphatic carbocycles. The second-order valence-corrected chi connectivity index (χ2v) is 9.65. The van der Waals surface area contributed by atoms with Crippen LogP contribution in [0.3, 0.4) is 0 Å². The van der Waals surface area contributed by atoms with Crippen molar-refractivity contribution in [1.29, 1.82) is 0 Å².